The molecule has 0 atom stereocenters. The van der Waals surface area contributed by atoms with Crippen molar-refractivity contribution in [3.05, 3.63) is 23.9 Å². The fourth-order valence-corrected chi connectivity index (χ4v) is 1.33. The van der Waals surface area contributed by atoms with Crippen LogP contribution in [0.3, 0.4) is 0 Å². The second-order valence-corrected chi connectivity index (χ2v) is 3.83. The van der Waals surface area contributed by atoms with Crippen LogP contribution in [-0.4, -0.2) is 23.9 Å². The smallest absolute Gasteiger partial charge is 0.276 e. The van der Waals surface area contributed by atoms with Crippen molar-refractivity contribution in [1.29, 1.82) is 0 Å². The van der Waals surface area contributed by atoms with Crippen molar-refractivity contribution in [2.75, 3.05) is 12.4 Å². The lowest BCUT2D eigenvalue weighted by atomic mass is 10.2. The monoisotopic (exact) mass is 235 g/mol. The fraction of sp³-hybridized carbons (Fsp3) is 0.364. The van der Waals surface area contributed by atoms with E-state index < -0.39 is 0 Å². The Morgan fingerprint density at radius 2 is 2.18 bits per heavy atom. The van der Waals surface area contributed by atoms with E-state index in [-0.39, 0.29) is 17.7 Å². The number of carbonyl (C=O) groups is 2. The third kappa shape index (κ3) is 3.01. The van der Waals surface area contributed by atoms with Crippen LogP contribution in [0.25, 0.3) is 0 Å². The summed E-state index contributed by atoms with van der Waals surface area (Å²) in [6, 6.07) is 3.16. The van der Waals surface area contributed by atoms with Gasteiger partial charge in [-0.05, 0) is 25.0 Å². The van der Waals surface area contributed by atoms with Crippen molar-refractivity contribution in [2.24, 2.45) is 5.92 Å². The van der Waals surface area contributed by atoms with Gasteiger partial charge in [0, 0.05) is 12.1 Å². The molecule has 1 aromatic heterocycles. The SMILES string of the molecule is CONC(=O)c1ccc(NC(=O)C2CC2)nc1. The van der Waals surface area contributed by atoms with Crippen LogP contribution in [0.4, 0.5) is 5.82 Å². The largest absolute Gasteiger partial charge is 0.310 e. The summed E-state index contributed by atoms with van der Waals surface area (Å²) in [6.07, 6.45) is 3.27. The molecule has 1 heterocycles. The van der Waals surface area contributed by atoms with E-state index in [4.69, 9.17) is 0 Å². The van der Waals surface area contributed by atoms with Crippen LogP contribution in [0.5, 0.6) is 0 Å². The molecule has 90 valence electrons. The summed E-state index contributed by atoms with van der Waals surface area (Å²) in [5, 5.41) is 2.69. The Morgan fingerprint density at radius 3 is 2.71 bits per heavy atom. The number of pyridine rings is 1. The standard InChI is InChI=1S/C11H13N3O3/c1-17-14-11(16)8-4-5-9(12-6-8)13-10(15)7-2-3-7/h4-7H,2-3H2,1H3,(H,14,16)(H,12,13,15). The maximum atomic E-state index is 11.4. The van der Waals surface area contributed by atoms with Gasteiger partial charge in [0.1, 0.15) is 5.82 Å². The molecule has 0 aromatic carbocycles. The van der Waals surface area contributed by atoms with Gasteiger partial charge in [-0.15, -0.1) is 0 Å². The minimum Gasteiger partial charge on any atom is -0.310 e. The molecular weight excluding hydrogens is 222 g/mol. The Kier molecular flexibility index (Phi) is 3.34. The number of hydroxylamine groups is 1. The van der Waals surface area contributed by atoms with Gasteiger partial charge in [0.15, 0.2) is 0 Å². The minimum absolute atomic E-state index is 0.00778. The molecule has 0 unspecified atom stereocenters. The molecule has 1 aliphatic rings. The highest BCUT2D eigenvalue weighted by atomic mass is 16.6. The summed E-state index contributed by atoms with van der Waals surface area (Å²) in [6.45, 7) is 0. The normalized spacial score (nSPS) is 14.2. The molecule has 0 radical (unpaired) electrons. The van der Waals surface area contributed by atoms with E-state index in [0.717, 1.165) is 12.8 Å². The van der Waals surface area contributed by atoms with Crippen LogP contribution in [0.2, 0.25) is 0 Å². The van der Waals surface area contributed by atoms with Gasteiger partial charge in [-0.2, -0.15) is 0 Å². The van der Waals surface area contributed by atoms with E-state index in [9.17, 15) is 9.59 Å². The van der Waals surface area contributed by atoms with Crippen LogP contribution >= 0.6 is 0 Å². The van der Waals surface area contributed by atoms with Crippen molar-refractivity contribution >= 4 is 17.6 Å². The number of carbonyl (C=O) groups excluding carboxylic acids is 2. The molecule has 0 saturated heterocycles. The zero-order chi connectivity index (χ0) is 12.3. The molecule has 0 bridgehead atoms. The lowest BCUT2D eigenvalue weighted by Crippen LogP contribution is -2.22. The van der Waals surface area contributed by atoms with Crippen LogP contribution in [-0.2, 0) is 9.63 Å². The molecule has 2 N–H and O–H groups in total. The molecule has 1 aromatic rings. The van der Waals surface area contributed by atoms with Crippen LogP contribution in [0.15, 0.2) is 18.3 Å². The van der Waals surface area contributed by atoms with Gasteiger partial charge >= 0.3 is 0 Å². The number of nitrogens with zero attached hydrogens (tertiary/aromatic N) is 1. The number of amides is 2. The van der Waals surface area contributed by atoms with Gasteiger partial charge in [-0.1, -0.05) is 0 Å². The Hall–Kier alpha value is -1.95. The first-order chi connectivity index (χ1) is 8.20. The molecule has 1 fully saturated rings. The Balaban J connectivity index is 1.97. The van der Waals surface area contributed by atoms with Crippen LogP contribution in [0.1, 0.15) is 23.2 Å². The van der Waals surface area contributed by atoms with Crippen LogP contribution < -0.4 is 10.8 Å². The van der Waals surface area contributed by atoms with Crippen LogP contribution in [0, 0.1) is 5.92 Å². The first-order valence-electron chi connectivity index (χ1n) is 5.31. The fourth-order valence-electron chi connectivity index (χ4n) is 1.33. The highest BCUT2D eigenvalue weighted by Gasteiger charge is 2.29. The van der Waals surface area contributed by atoms with Gasteiger partial charge in [0.25, 0.3) is 5.91 Å². The lowest BCUT2D eigenvalue weighted by molar-refractivity contribution is -0.117. The molecule has 17 heavy (non-hydrogen) atoms. The molecule has 0 aliphatic heterocycles. The average Bonchev–Trinajstić information content (AvgIpc) is 3.14. The lowest BCUT2D eigenvalue weighted by Gasteiger charge is -2.04. The third-order valence-electron chi connectivity index (χ3n) is 2.42. The van der Waals surface area contributed by atoms with Gasteiger partial charge in [-0.25, -0.2) is 10.5 Å². The van der Waals surface area contributed by atoms with Gasteiger partial charge < -0.3 is 5.32 Å². The average molecular weight is 235 g/mol. The molecule has 6 nitrogen and oxygen atoms in total. The minimum atomic E-state index is -0.375. The first-order valence-corrected chi connectivity index (χ1v) is 5.31. The van der Waals surface area contributed by atoms with Crippen molar-refractivity contribution < 1.29 is 14.4 Å². The number of rotatable bonds is 4. The topological polar surface area (TPSA) is 80.3 Å². The van der Waals surface area contributed by atoms with Crippen molar-refractivity contribution in [3.63, 3.8) is 0 Å². The molecular formula is C11H13N3O3. The molecule has 2 amide bonds. The van der Waals surface area contributed by atoms with Crippen molar-refractivity contribution in [1.82, 2.24) is 10.5 Å². The van der Waals surface area contributed by atoms with E-state index >= 15 is 0 Å². The number of nitrogens with one attached hydrogen (secondary N) is 2. The number of anilines is 1. The molecule has 0 spiro atoms. The maximum Gasteiger partial charge on any atom is 0.276 e. The molecule has 1 saturated carbocycles. The van der Waals surface area contributed by atoms with E-state index in [0.29, 0.717) is 11.4 Å². The van der Waals surface area contributed by atoms with E-state index in [2.05, 4.69) is 20.6 Å². The molecule has 6 heteroatoms. The van der Waals surface area contributed by atoms with E-state index in [1.807, 2.05) is 0 Å². The Bertz CT molecular complexity index is 426. The summed E-state index contributed by atoms with van der Waals surface area (Å²) in [5.74, 6) is 0.204. The molecule has 1 aliphatic carbocycles. The molecule has 2 rings (SSSR count). The number of hydrogen-bond acceptors (Lipinski definition) is 4. The van der Waals surface area contributed by atoms with Gasteiger partial charge in [0.2, 0.25) is 5.91 Å². The predicted molar refractivity (Wildman–Crippen MR) is 60.1 cm³/mol. The number of aromatic nitrogens is 1. The van der Waals surface area contributed by atoms with Gasteiger partial charge in [-0.3, -0.25) is 14.4 Å². The summed E-state index contributed by atoms with van der Waals surface area (Å²) >= 11 is 0. The highest BCUT2D eigenvalue weighted by Crippen LogP contribution is 2.29. The summed E-state index contributed by atoms with van der Waals surface area (Å²) in [7, 11) is 1.36. The highest BCUT2D eigenvalue weighted by molar-refractivity contribution is 5.95. The van der Waals surface area contributed by atoms with E-state index in [1.165, 1.54) is 13.3 Å². The maximum absolute atomic E-state index is 11.4. The zero-order valence-corrected chi connectivity index (χ0v) is 9.40. The summed E-state index contributed by atoms with van der Waals surface area (Å²) in [5.41, 5.74) is 2.56. The second kappa shape index (κ2) is 4.92. The predicted octanol–water partition coefficient (Wildman–Crippen LogP) is 0.721. The van der Waals surface area contributed by atoms with E-state index in [1.54, 1.807) is 12.1 Å². The Labute approximate surface area is 98.3 Å². The van der Waals surface area contributed by atoms with Crippen molar-refractivity contribution in [2.45, 2.75) is 12.8 Å². The van der Waals surface area contributed by atoms with Gasteiger partial charge in [0.05, 0.1) is 12.7 Å². The number of hydrogen-bond donors (Lipinski definition) is 2. The zero-order valence-electron chi connectivity index (χ0n) is 9.40. The summed E-state index contributed by atoms with van der Waals surface area (Å²) < 4.78 is 0. The third-order valence-corrected chi connectivity index (χ3v) is 2.42. The quantitative estimate of drug-likeness (QED) is 0.753. The summed E-state index contributed by atoms with van der Waals surface area (Å²) in [4.78, 5) is 31.3. The first kappa shape index (κ1) is 11.5. The second-order valence-electron chi connectivity index (χ2n) is 3.83. The Morgan fingerprint density at radius 1 is 1.41 bits per heavy atom. The van der Waals surface area contributed by atoms with Crippen molar-refractivity contribution in [3.8, 4) is 0 Å².